The predicted octanol–water partition coefficient (Wildman–Crippen LogP) is 6.02. The summed E-state index contributed by atoms with van der Waals surface area (Å²) in [7, 11) is 0. The lowest BCUT2D eigenvalue weighted by molar-refractivity contribution is -0.142. The number of hydrogen-bond acceptors (Lipinski definition) is 5. The van der Waals surface area contributed by atoms with Crippen molar-refractivity contribution in [3.05, 3.63) is 75.9 Å². The Morgan fingerprint density at radius 3 is 2.33 bits per heavy atom. The monoisotopic (exact) mass is 567 g/mol. The van der Waals surface area contributed by atoms with Gasteiger partial charge in [0.15, 0.2) is 17.0 Å². The molecule has 1 aliphatic rings. The van der Waals surface area contributed by atoms with Crippen LogP contribution in [0.4, 0.5) is 26.3 Å². The number of aromatic nitrogens is 3. The van der Waals surface area contributed by atoms with Gasteiger partial charge in [-0.2, -0.15) is 31.4 Å². The van der Waals surface area contributed by atoms with E-state index in [0.717, 1.165) is 29.5 Å². The maximum absolute atomic E-state index is 13.9. The molecule has 3 aromatic heterocycles. The smallest absolute Gasteiger partial charge is 0.335 e. The molecule has 4 aromatic rings. The Labute approximate surface area is 223 Å². The van der Waals surface area contributed by atoms with E-state index < -0.39 is 29.5 Å². The highest BCUT2D eigenvalue weighted by molar-refractivity contribution is 7.15. The normalized spacial score (nSPS) is 15.3. The van der Waals surface area contributed by atoms with Crippen LogP contribution in [0, 0.1) is 0 Å². The van der Waals surface area contributed by atoms with E-state index >= 15 is 0 Å². The summed E-state index contributed by atoms with van der Waals surface area (Å²) in [6, 6.07) is 10.9. The van der Waals surface area contributed by atoms with E-state index in [9.17, 15) is 31.1 Å². The molecular weight excluding hydrogens is 544 g/mol. The second-order valence-electron chi connectivity index (χ2n) is 9.21. The summed E-state index contributed by atoms with van der Waals surface area (Å²) < 4.78 is 81.4. The number of benzene rings is 1. The van der Waals surface area contributed by atoms with Crippen LogP contribution in [0.3, 0.4) is 0 Å². The SMILES string of the molecule is CCc1ccc(-c2cc(C(F)(F)F)n3nc(C(=O)N4CCN(Cc5cccc(C(F)(F)F)c5)CC4)cc3n2)s1. The quantitative estimate of drug-likeness (QED) is 0.277. The number of carbonyl (C=O) groups is 1. The Bertz CT molecular complexity index is 1500. The van der Waals surface area contributed by atoms with Gasteiger partial charge in [0.05, 0.1) is 16.1 Å². The lowest BCUT2D eigenvalue weighted by Gasteiger charge is -2.34. The first-order valence-electron chi connectivity index (χ1n) is 12.2. The number of alkyl halides is 6. The standard InChI is InChI=1S/C26H23F6N5OS/c1-2-18-6-7-21(39-18)19-13-22(26(30,31)32)37-23(33-19)14-20(34-37)24(38)36-10-8-35(9-11-36)15-16-4-3-5-17(12-16)25(27,28)29/h3-7,12-14H,2,8-11,15H2,1H3. The highest BCUT2D eigenvalue weighted by Gasteiger charge is 2.36. The highest BCUT2D eigenvalue weighted by Crippen LogP contribution is 2.35. The molecule has 1 aliphatic heterocycles. The van der Waals surface area contributed by atoms with Crippen LogP contribution < -0.4 is 0 Å². The number of amides is 1. The van der Waals surface area contributed by atoms with Crippen molar-refractivity contribution in [1.29, 1.82) is 0 Å². The van der Waals surface area contributed by atoms with E-state index in [1.54, 1.807) is 12.1 Å². The average Bonchev–Trinajstić information content (AvgIpc) is 3.54. The summed E-state index contributed by atoms with van der Waals surface area (Å²) in [6.07, 6.45) is -8.40. The molecule has 1 amide bonds. The van der Waals surface area contributed by atoms with Crippen molar-refractivity contribution in [1.82, 2.24) is 24.4 Å². The molecule has 0 aliphatic carbocycles. The number of piperazine rings is 1. The number of thiophene rings is 1. The van der Waals surface area contributed by atoms with Crippen LogP contribution >= 0.6 is 11.3 Å². The molecule has 0 spiro atoms. The zero-order chi connectivity index (χ0) is 27.9. The van der Waals surface area contributed by atoms with Crippen LogP contribution in [0.1, 0.15) is 39.1 Å². The van der Waals surface area contributed by atoms with Gasteiger partial charge in [0.1, 0.15) is 0 Å². The number of fused-ring (bicyclic) bond motifs is 1. The van der Waals surface area contributed by atoms with Crippen molar-refractivity contribution in [3.8, 4) is 10.6 Å². The first-order chi connectivity index (χ1) is 18.4. The molecule has 1 aromatic carbocycles. The van der Waals surface area contributed by atoms with Gasteiger partial charge in [-0.05, 0) is 36.2 Å². The molecule has 39 heavy (non-hydrogen) atoms. The molecule has 4 heterocycles. The molecule has 0 saturated carbocycles. The fraction of sp³-hybridized carbons (Fsp3) is 0.346. The third-order valence-electron chi connectivity index (χ3n) is 6.52. The fourth-order valence-corrected chi connectivity index (χ4v) is 5.40. The van der Waals surface area contributed by atoms with E-state index in [4.69, 9.17) is 0 Å². The first-order valence-corrected chi connectivity index (χ1v) is 13.0. The van der Waals surface area contributed by atoms with Crippen LogP contribution in [0.15, 0.2) is 48.5 Å². The summed E-state index contributed by atoms with van der Waals surface area (Å²) >= 11 is 1.36. The number of nitrogens with zero attached hydrogens (tertiary/aromatic N) is 5. The molecule has 206 valence electrons. The predicted molar refractivity (Wildman–Crippen MR) is 133 cm³/mol. The minimum absolute atomic E-state index is 0.0854. The topological polar surface area (TPSA) is 53.7 Å². The van der Waals surface area contributed by atoms with Crippen molar-refractivity contribution >= 4 is 22.9 Å². The molecule has 0 unspecified atom stereocenters. The van der Waals surface area contributed by atoms with Gasteiger partial charge in [0, 0.05) is 43.7 Å². The zero-order valence-corrected chi connectivity index (χ0v) is 21.5. The van der Waals surface area contributed by atoms with E-state index in [-0.39, 0.29) is 36.7 Å². The summed E-state index contributed by atoms with van der Waals surface area (Å²) in [5.74, 6) is -0.529. The maximum atomic E-state index is 13.9. The molecule has 0 atom stereocenters. The summed E-state index contributed by atoms with van der Waals surface area (Å²) in [6.45, 7) is 3.53. The minimum Gasteiger partial charge on any atom is -0.335 e. The zero-order valence-electron chi connectivity index (χ0n) is 20.7. The van der Waals surface area contributed by atoms with Crippen molar-refractivity contribution < 1.29 is 31.1 Å². The van der Waals surface area contributed by atoms with E-state index in [1.165, 1.54) is 28.4 Å². The van der Waals surface area contributed by atoms with Crippen molar-refractivity contribution in [2.24, 2.45) is 0 Å². The van der Waals surface area contributed by atoms with Crippen LogP contribution in [-0.4, -0.2) is 56.5 Å². The van der Waals surface area contributed by atoms with Gasteiger partial charge in [-0.1, -0.05) is 25.1 Å². The molecule has 0 bridgehead atoms. The number of carbonyl (C=O) groups excluding carboxylic acids is 1. The Balaban J connectivity index is 1.33. The molecule has 13 heteroatoms. The van der Waals surface area contributed by atoms with Gasteiger partial charge < -0.3 is 4.90 Å². The molecule has 1 fully saturated rings. The highest BCUT2D eigenvalue weighted by atomic mass is 32.1. The van der Waals surface area contributed by atoms with E-state index in [0.29, 0.717) is 28.0 Å². The molecule has 5 rings (SSSR count). The Hall–Kier alpha value is -3.45. The van der Waals surface area contributed by atoms with Gasteiger partial charge in [0.25, 0.3) is 5.91 Å². The fourth-order valence-electron chi connectivity index (χ4n) is 4.49. The molecule has 0 N–H and O–H groups in total. The Morgan fingerprint density at radius 1 is 0.949 bits per heavy atom. The summed E-state index contributed by atoms with van der Waals surface area (Å²) in [5.41, 5.74) is -1.33. The molecule has 1 saturated heterocycles. The van der Waals surface area contributed by atoms with Crippen molar-refractivity contribution in [2.45, 2.75) is 32.2 Å². The molecule has 0 radical (unpaired) electrons. The second kappa shape index (κ2) is 10.3. The summed E-state index contributed by atoms with van der Waals surface area (Å²) in [5, 5.41) is 3.96. The van der Waals surface area contributed by atoms with Crippen molar-refractivity contribution in [2.75, 3.05) is 26.2 Å². The van der Waals surface area contributed by atoms with Gasteiger partial charge >= 0.3 is 12.4 Å². The van der Waals surface area contributed by atoms with Crippen LogP contribution in [0.2, 0.25) is 0 Å². The van der Waals surface area contributed by atoms with Gasteiger partial charge in [0.2, 0.25) is 0 Å². The van der Waals surface area contributed by atoms with E-state index in [2.05, 4.69) is 10.1 Å². The van der Waals surface area contributed by atoms with Gasteiger partial charge in [-0.3, -0.25) is 9.69 Å². The minimum atomic E-state index is -4.72. The second-order valence-corrected chi connectivity index (χ2v) is 10.4. The molecular formula is C26H23F6N5OS. The first kappa shape index (κ1) is 27.1. The third kappa shape index (κ3) is 5.78. The Kier molecular flexibility index (Phi) is 7.14. The lowest BCUT2D eigenvalue weighted by atomic mass is 10.1. The largest absolute Gasteiger partial charge is 0.433 e. The number of rotatable bonds is 5. The Morgan fingerprint density at radius 2 is 1.69 bits per heavy atom. The van der Waals surface area contributed by atoms with Gasteiger partial charge in [-0.25, -0.2) is 9.50 Å². The molecule has 6 nitrogen and oxygen atoms in total. The number of aryl methyl sites for hydroxylation is 1. The van der Waals surface area contributed by atoms with Crippen LogP contribution in [-0.2, 0) is 25.3 Å². The van der Waals surface area contributed by atoms with Crippen LogP contribution in [0.5, 0.6) is 0 Å². The van der Waals surface area contributed by atoms with Gasteiger partial charge in [-0.15, -0.1) is 11.3 Å². The average molecular weight is 568 g/mol. The van der Waals surface area contributed by atoms with Crippen LogP contribution in [0.25, 0.3) is 16.2 Å². The third-order valence-corrected chi connectivity index (χ3v) is 7.77. The van der Waals surface area contributed by atoms with Crippen molar-refractivity contribution in [3.63, 3.8) is 0 Å². The maximum Gasteiger partial charge on any atom is 0.433 e. The number of halogens is 6. The number of hydrogen-bond donors (Lipinski definition) is 0. The summed E-state index contributed by atoms with van der Waals surface area (Å²) in [4.78, 5) is 22.5. The van der Waals surface area contributed by atoms with E-state index in [1.807, 2.05) is 17.9 Å². The lowest BCUT2D eigenvalue weighted by Crippen LogP contribution is -2.48.